The molecule has 0 aromatic rings. The third-order valence-corrected chi connectivity index (χ3v) is 1.70. The quantitative estimate of drug-likeness (QED) is 0.147. The third kappa shape index (κ3) is 3.88. The molecule has 0 aliphatic rings. The Labute approximate surface area is 80.4 Å². The number of nitrogens with one attached hydrogen (secondary N) is 1. The van der Waals surface area contributed by atoms with Crippen molar-refractivity contribution in [2.24, 2.45) is 5.11 Å². The van der Waals surface area contributed by atoms with Gasteiger partial charge in [-0.05, 0) is 12.6 Å². The molecule has 0 aliphatic heterocycles. The normalized spacial score (nSPS) is 19.2. The van der Waals surface area contributed by atoms with E-state index in [9.17, 15) is 10.2 Å². The molecule has 0 aliphatic carbocycles. The summed E-state index contributed by atoms with van der Waals surface area (Å²) in [6.07, 6.45) is -5.90. The summed E-state index contributed by atoms with van der Waals surface area (Å²) >= 11 is 0. The van der Waals surface area contributed by atoms with E-state index >= 15 is 0 Å². The molecule has 1 unspecified atom stereocenters. The van der Waals surface area contributed by atoms with Gasteiger partial charge < -0.3 is 20.4 Å². The molecule has 8 heteroatoms. The van der Waals surface area contributed by atoms with Crippen molar-refractivity contribution in [3.05, 3.63) is 10.4 Å². The summed E-state index contributed by atoms with van der Waals surface area (Å²) in [5, 5.41) is 41.9. The van der Waals surface area contributed by atoms with Crippen molar-refractivity contribution >= 4 is 0 Å². The van der Waals surface area contributed by atoms with Gasteiger partial charge in [-0.25, -0.2) is 0 Å². The SMILES string of the molecule is CNC(O)[C@H](O)[C@H](O)[C@H](O)CN=[N+]=[N-]. The van der Waals surface area contributed by atoms with Gasteiger partial charge in [0.1, 0.15) is 18.4 Å². The Morgan fingerprint density at radius 1 is 1.29 bits per heavy atom. The maximum Gasteiger partial charge on any atom is 0.133 e. The van der Waals surface area contributed by atoms with E-state index in [1.54, 1.807) is 0 Å². The molecule has 0 saturated carbocycles. The minimum absolute atomic E-state index is 0.370. The fourth-order valence-corrected chi connectivity index (χ4v) is 0.813. The summed E-state index contributed by atoms with van der Waals surface area (Å²) in [6, 6.07) is 0. The highest BCUT2D eigenvalue weighted by molar-refractivity contribution is 4.80. The van der Waals surface area contributed by atoms with E-state index in [-0.39, 0.29) is 6.54 Å². The zero-order chi connectivity index (χ0) is 11.1. The lowest BCUT2D eigenvalue weighted by Gasteiger charge is -2.25. The van der Waals surface area contributed by atoms with Crippen LogP contribution in [0.2, 0.25) is 0 Å². The summed E-state index contributed by atoms with van der Waals surface area (Å²) in [7, 11) is 1.38. The van der Waals surface area contributed by atoms with Crippen molar-refractivity contribution in [3.8, 4) is 0 Å². The van der Waals surface area contributed by atoms with Crippen LogP contribution in [-0.2, 0) is 0 Å². The van der Waals surface area contributed by atoms with Crippen molar-refractivity contribution in [3.63, 3.8) is 0 Å². The van der Waals surface area contributed by atoms with Crippen LogP contribution in [0, 0.1) is 0 Å². The lowest BCUT2D eigenvalue weighted by molar-refractivity contribution is -0.108. The lowest BCUT2D eigenvalue weighted by Crippen LogP contribution is -2.50. The van der Waals surface area contributed by atoms with Crippen molar-refractivity contribution in [2.45, 2.75) is 24.5 Å². The van der Waals surface area contributed by atoms with Gasteiger partial charge in [0.25, 0.3) is 0 Å². The van der Waals surface area contributed by atoms with E-state index in [0.717, 1.165) is 0 Å². The molecule has 0 rings (SSSR count). The number of aliphatic hydroxyl groups is 4. The first-order chi connectivity index (χ1) is 6.54. The molecule has 8 nitrogen and oxygen atoms in total. The van der Waals surface area contributed by atoms with Crippen LogP contribution in [0.15, 0.2) is 5.11 Å². The Kier molecular flexibility index (Phi) is 6.13. The molecule has 0 radical (unpaired) electrons. The maximum atomic E-state index is 9.23. The van der Waals surface area contributed by atoms with Gasteiger partial charge in [-0.3, -0.25) is 5.32 Å². The molecule has 0 fully saturated rings. The van der Waals surface area contributed by atoms with E-state index in [1.165, 1.54) is 7.05 Å². The van der Waals surface area contributed by atoms with Crippen LogP contribution in [0.25, 0.3) is 10.4 Å². The summed E-state index contributed by atoms with van der Waals surface area (Å²) < 4.78 is 0. The average Bonchev–Trinajstić information content (AvgIpc) is 2.22. The van der Waals surface area contributed by atoms with E-state index in [2.05, 4.69) is 15.3 Å². The first-order valence-electron chi connectivity index (χ1n) is 3.95. The van der Waals surface area contributed by atoms with Gasteiger partial charge in [0.2, 0.25) is 0 Å². The fraction of sp³-hybridized carbons (Fsp3) is 1.00. The Bertz CT molecular complexity index is 208. The van der Waals surface area contributed by atoms with Crippen LogP contribution in [0.1, 0.15) is 0 Å². The minimum Gasteiger partial charge on any atom is -0.390 e. The van der Waals surface area contributed by atoms with Crippen molar-refractivity contribution in [1.29, 1.82) is 0 Å². The largest absolute Gasteiger partial charge is 0.390 e. The first kappa shape index (κ1) is 13.1. The number of rotatable bonds is 6. The second-order valence-electron chi connectivity index (χ2n) is 2.70. The maximum absolute atomic E-state index is 9.23. The van der Waals surface area contributed by atoms with Crippen LogP contribution in [0.5, 0.6) is 0 Å². The van der Waals surface area contributed by atoms with Crippen LogP contribution in [-0.4, -0.2) is 58.6 Å². The summed E-state index contributed by atoms with van der Waals surface area (Å²) in [4.78, 5) is 2.38. The van der Waals surface area contributed by atoms with Gasteiger partial charge in [-0.2, -0.15) is 0 Å². The second kappa shape index (κ2) is 6.55. The summed E-state index contributed by atoms with van der Waals surface area (Å²) in [5.41, 5.74) is 7.93. The molecular formula is C6H14N4O4. The lowest BCUT2D eigenvalue weighted by atomic mass is 10.1. The zero-order valence-electron chi connectivity index (χ0n) is 7.65. The molecular weight excluding hydrogens is 192 g/mol. The smallest absolute Gasteiger partial charge is 0.133 e. The van der Waals surface area contributed by atoms with E-state index < -0.39 is 24.5 Å². The Morgan fingerprint density at radius 3 is 2.29 bits per heavy atom. The van der Waals surface area contributed by atoms with Crippen LogP contribution >= 0.6 is 0 Å². The highest BCUT2D eigenvalue weighted by Crippen LogP contribution is 2.03. The molecule has 0 aromatic carbocycles. The average molecular weight is 206 g/mol. The molecule has 0 spiro atoms. The zero-order valence-corrected chi connectivity index (χ0v) is 7.65. The van der Waals surface area contributed by atoms with Gasteiger partial charge in [0.15, 0.2) is 0 Å². The van der Waals surface area contributed by atoms with E-state index in [1.807, 2.05) is 0 Å². The van der Waals surface area contributed by atoms with Crippen molar-refractivity contribution in [2.75, 3.05) is 13.6 Å². The molecule has 0 heterocycles. The number of nitrogens with zero attached hydrogens (tertiary/aromatic N) is 3. The van der Waals surface area contributed by atoms with Crippen LogP contribution in [0.4, 0.5) is 0 Å². The number of hydrogen-bond acceptors (Lipinski definition) is 6. The van der Waals surface area contributed by atoms with Gasteiger partial charge in [0, 0.05) is 4.91 Å². The molecule has 0 amide bonds. The minimum atomic E-state index is -1.58. The predicted octanol–water partition coefficient (Wildman–Crippen LogP) is -2.08. The molecule has 5 N–H and O–H groups in total. The van der Waals surface area contributed by atoms with Crippen LogP contribution in [0.3, 0.4) is 0 Å². The second-order valence-corrected chi connectivity index (χ2v) is 2.70. The van der Waals surface area contributed by atoms with E-state index in [0.29, 0.717) is 0 Å². The molecule has 14 heavy (non-hydrogen) atoms. The highest BCUT2D eigenvalue weighted by atomic mass is 16.4. The topological polar surface area (TPSA) is 142 Å². The monoisotopic (exact) mass is 206 g/mol. The fourth-order valence-electron chi connectivity index (χ4n) is 0.813. The number of likely N-dealkylation sites (N-methyl/N-ethyl adjacent to an activating group) is 1. The number of azide groups is 1. The molecule has 0 aromatic heterocycles. The van der Waals surface area contributed by atoms with Gasteiger partial charge in [0.05, 0.1) is 12.6 Å². The summed E-state index contributed by atoms with van der Waals surface area (Å²) in [6.45, 7) is -0.370. The number of aliphatic hydroxyl groups excluding tert-OH is 4. The number of hydrogen-bond donors (Lipinski definition) is 5. The molecule has 4 atom stereocenters. The Morgan fingerprint density at radius 2 is 1.86 bits per heavy atom. The van der Waals surface area contributed by atoms with Gasteiger partial charge >= 0.3 is 0 Å². The van der Waals surface area contributed by atoms with E-state index in [4.69, 9.17) is 15.7 Å². The van der Waals surface area contributed by atoms with Gasteiger partial charge in [-0.15, -0.1) is 0 Å². The Balaban J connectivity index is 4.15. The van der Waals surface area contributed by atoms with Crippen LogP contribution < -0.4 is 5.32 Å². The Hall–Kier alpha value is -0.890. The highest BCUT2D eigenvalue weighted by Gasteiger charge is 2.28. The van der Waals surface area contributed by atoms with Gasteiger partial charge in [-0.1, -0.05) is 5.11 Å². The van der Waals surface area contributed by atoms with Crippen molar-refractivity contribution in [1.82, 2.24) is 5.32 Å². The standard InChI is InChI=1S/C6H14N4O4/c1-8-6(14)5(13)4(12)3(11)2-9-10-7/h3-6,8,11-14H,2H2,1H3/t3-,4-,5-,6?/m1/s1. The predicted molar refractivity (Wildman–Crippen MR) is 47.1 cm³/mol. The summed E-state index contributed by atoms with van der Waals surface area (Å²) in [5.74, 6) is 0. The first-order valence-corrected chi connectivity index (χ1v) is 3.95. The van der Waals surface area contributed by atoms with Crippen molar-refractivity contribution < 1.29 is 20.4 Å². The third-order valence-electron chi connectivity index (χ3n) is 1.70. The molecule has 0 bridgehead atoms. The molecule has 0 saturated heterocycles. The molecule has 82 valence electrons.